The van der Waals surface area contributed by atoms with Gasteiger partial charge in [0.25, 0.3) is 5.91 Å². The molecule has 0 radical (unpaired) electrons. The number of hydrogen-bond acceptors (Lipinski definition) is 6. The first kappa shape index (κ1) is 17.6. The van der Waals surface area contributed by atoms with Gasteiger partial charge in [-0.1, -0.05) is 12.1 Å². The summed E-state index contributed by atoms with van der Waals surface area (Å²) in [5, 5.41) is 11.0. The summed E-state index contributed by atoms with van der Waals surface area (Å²) in [4.78, 5) is 26.9. The molecule has 1 aromatic carbocycles. The van der Waals surface area contributed by atoms with Crippen LogP contribution in [0.4, 0.5) is 5.69 Å². The van der Waals surface area contributed by atoms with Crippen LogP contribution >= 0.6 is 0 Å². The van der Waals surface area contributed by atoms with E-state index in [1.54, 1.807) is 18.2 Å². The molecule has 0 aliphatic carbocycles. The predicted molar refractivity (Wildman–Crippen MR) is 90.6 cm³/mol. The van der Waals surface area contributed by atoms with Crippen molar-refractivity contribution in [2.24, 2.45) is 0 Å². The van der Waals surface area contributed by atoms with Crippen LogP contribution in [0.3, 0.4) is 0 Å². The summed E-state index contributed by atoms with van der Waals surface area (Å²) < 4.78 is 11.0. The number of nitrogens with zero attached hydrogens (tertiary/aromatic N) is 3. The van der Waals surface area contributed by atoms with Crippen molar-refractivity contribution >= 4 is 11.6 Å². The lowest BCUT2D eigenvalue weighted by Crippen LogP contribution is -2.52. The van der Waals surface area contributed by atoms with E-state index in [0.717, 1.165) is 25.9 Å². The number of nitro benzene ring substituents is 1. The summed E-state index contributed by atoms with van der Waals surface area (Å²) in [5.74, 6) is 0.396. The highest BCUT2D eigenvalue weighted by atomic mass is 16.6. The number of benzene rings is 1. The van der Waals surface area contributed by atoms with Gasteiger partial charge in [-0.15, -0.1) is 0 Å². The third kappa shape index (κ3) is 4.46. The number of ether oxygens (including phenoxy) is 2. The number of hydrogen-bond donors (Lipinski definition) is 0. The van der Waals surface area contributed by atoms with Crippen molar-refractivity contribution in [3.05, 3.63) is 34.4 Å². The Labute approximate surface area is 146 Å². The van der Waals surface area contributed by atoms with Gasteiger partial charge in [0.05, 0.1) is 4.92 Å². The van der Waals surface area contributed by atoms with Crippen molar-refractivity contribution in [2.45, 2.75) is 18.9 Å². The van der Waals surface area contributed by atoms with E-state index in [2.05, 4.69) is 4.90 Å². The van der Waals surface area contributed by atoms with Gasteiger partial charge in [0.1, 0.15) is 12.7 Å². The van der Waals surface area contributed by atoms with Crippen LogP contribution in [-0.2, 0) is 9.53 Å². The minimum atomic E-state index is -0.440. The van der Waals surface area contributed by atoms with E-state index >= 15 is 0 Å². The zero-order valence-corrected chi connectivity index (χ0v) is 14.1. The quantitative estimate of drug-likeness (QED) is 0.568. The normalized spacial score (nSPS) is 21.3. The van der Waals surface area contributed by atoms with Gasteiger partial charge in [0.15, 0.2) is 5.75 Å². The van der Waals surface area contributed by atoms with Gasteiger partial charge in [-0.3, -0.25) is 19.8 Å². The summed E-state index contributed by atoms with van der Waals surface area (Å²) >= 11 is 0. The molecular weight excluding hydrogens is 326 g/mol. The first-order chi connectivity index (χ1) is 12.1. The van der Waals surface area contributed by atoms with Crippen LogP contribution in [0.15, 0.2) is 24.3 Å². The number of rotatable bonds is 6. The fourth-order valence-electron chi connectivity index (χ4n) is 3.18. The Hall–Kier alpha value is -2.19. The Morgan fingerprint density at radius 3 is 2.72 bits per heavy atom. The lowest BCUT2D eigenvalue weighted by atomic mass is 10.2. The van der Waals surface area contributed by atoms with Crippen LogP contribution in [0.1, 0.15) is 12.8 Å². The summed E-state index contributed by atoms with van der Waals surface area (Å²) in [6, 6.07) is 6.38. The van der Waals surface area contributed by atoms with Crippen molar-refractivity contribution in [3.63, 3.8) is 0 Å². The molecule has 0 unspecified atom stereocenters. The largest absolute Gasteiger partial charge is 0.485 e. The maximum atomic E-state index is 12.3. The molecule has 8 nitrogen and oxygen atoms in total. The van der Waals surface area contributed by atoms with Crippen molar-refractivity contribution in [3.8, 4) is 5.75 Å². The van der Waals surface area contributed by atoms with E-state index in [1.165, 1.54) is 6.07 Å². The maximum Gasteiger partial charge on any atom is 0.310 e. The second kappa shape index (κ2) is 8.26. The molecular formula is C17H23N3O5. The lowest BCUT2D eigenvalue weighted by molar-refractivity contribution is -0.385. The minimum absolute atomic E-state index is 0.0190. The number of carbonyl (C=O) groups is 1. The molecule has 3 rings (SSSR count). The highest BCUT2D eigenvalue weighted by molar-refractivity contribution is 5.81. The molecule has 0 aromatic heterocycles. The van der Waals surface area contributed by atoms with Crippen LogP contribution in [-0.4, -0.2) is 72.7 Å². The molecule has 8 heteroatoms. The number of carbonyl (C=O) groups excluding carboxylic acids is 1. The first-order valence-electron chi connectivity index (χ1n) is 8.64. The first-order valence-corrected chi connectivity index (χ1v) is 8.64. The van der Waals surface area contributed by atoms with Gasteiger partial charge < -0.3 is 14.4 Å². The molecule has 1 amide bonds. The number of para-hydroxylation sites is 2. The van der Waals surface area contributed by atoms with Gasteiger partial charge in [0, 0.05) is 45.4 Å². The number of amides is 1. The van der Waals surface area contributed by atoms with Gasteiger partial charge in [-0.05, 0) is 18.9 Å². The lowest BCUT2D eigenvalue weighted by Gasteiger charge is -2.35. The van der Waals surface area contributed by atoms with Crippen LogP contribution in [0, 0.1) is 10.1 Å². The van der Waals surface area contributed by atoms with Crippen molar-refractivity contribution < 1.29 is 19.2 Å². The van der Waals surface area contributed by atoms with Crippen molar-refractivity contribution in [2.75, 3.05) is 45.9 Å². The highest BCUT2D eigenvalue weighted by Gasteiger charge is 2.30. The summed E-state index contributed by atoms with van der Waals surface area (Å²) in [7, 11) is 0. The Morgan fingerprint density at radius 1 is 1.28 bits per heavy atom. The molecule has 2 fully saturated rings. The molecule has 0 N–H and O–H groups in total. The monoisotopic (exact) mass is 349 g/mol. The van der Waals surface area contributed by atoms with Gasteiger partial charge in [-0.25, -0.2) is 0 Å². The van der Waals surface area contributed by atoms with E-state index in [0.29, 0.717) is 38.6 Å². The Bertz CT molecular complexity index is 610. The van der Waals surface area contributed by atoms with Crippen LogP contribution in [0.25, 0.3) is 0 Å². The number of nitro groups is 1. The summed E-state index contributed by atoms with van der Waals surface area (Å²) in [5.41, 5.74) is -0.0190. The van der Waals surface area contributed by atoms with Crippen LogP contribution in [0.5, 0.6) is 5.75 Å². The summed E-state index contributed by atoms with van der Waals surface area (Å²) in [6.45, 7) is 4.66. The molecule has 0 spiro atoms. The van der Waals surface area contributed by atoms with Crippen molar-refractivity contribution in [1.82, 2.24) is 9.80 Å². The molecule has 2 heterocycles. The zero-order valence-electron chi connectivity index (χ0n) is 14.1. The molecule has 136 valence electrons. The molecule has 0 saturated carbocycles. The van der Waals surface area contributed by atoms with Crippen LogP contribution < -0.4 is 4.74 Å². The Balaban J connectivity index is 1.41. The van der Waals surface area contributed by atoms with E-state index < -0.39 is 4.92 Å². The van der Waals surface area contributed by atoms with Crippen LogP contribution in [0.2, 0.25) is 0 Å². The maximum absolute atomic E-state index is 12.3. The standard InChI is InChI=1S/C17H23N3O5/c21-17(16-6-3-12-24-16)19-9-7-18(8-10-19)11-13-25-15-5-2-1-4-14(15)20(22)23/h1-2,4-5,16H,3,6-13H2/t16-/m0/s1. The average molecular weight is 349 g/mol. The Kier molecular flexibility index (Phi) is 5.83. The smallest absolute Gasteiger partial charge is 0.310 e. The van der Waals surface area contributed by atoms with E-state index in [9.17, 15) is 14.9 Å². The molecule has 25 heavy (non-hydrogen) atoms. The highest BCUT2D eigenvalue weighted by Crippen LogP contribution is 2.25. The van der Waals surface area contributed by atoms with Crippen molar-refractivity contribution in [1.29, 1.82) is 0 Å². The molecule has 2 aliphatic heterocycles. The van der Waals surface area contributed by atoms with E-state index in [1.807, 2.05) is 4.90 Å². The fraction of sp³-hybridized carbons (Fsp3) is 0.588. The SMILES string of the molecule is O=C([C@@H]1CCCO1)N1CCN(CCOc2ccccc2[N+](=O)[O-])CC1. The fourth-order valence-corrected chi connectivity index (χ4v) is 3.18. The molecule has 1 aromatic rings. The Morgan fingerprint density at radius 2 is 2.04 bits per heavy atom. The summed E-state index contributed by atoms with van der Waals surface area (Å²) in [6.07, 6.45) is 1.52. The molecule has 2 aliphatic rings. The van der Waals surface area contributed by atoms with Gasteiger partial charge >= 0.3 is 5.69 Å². The topological polar surface area (TPSA) is 85.2 Å². The second-order valence-electron chi connectivity index (χ2n) is 6.24. The molecule has 1 atom stereocenters. The number of piperazine rings is 1. The van der Waals surface area contributed by atoms with E-state index in [4.69, 9.17) is 9.47 Å². The second-order valence-corrected chi connectivity index (χ2v) is 6.24. The van der Waals surface area contributed by atoms with Gasteiger partial charge in [0.2, 0.25) is 0 Å². The average Bonchev–Trinajstić information content (AvgIpc) is 3.17. The molecule has 0 bridgehead atoms. The predicted octanol–water partition coefficient (Wildman–Crippen LogP) is 1.30. The minimum Gasteiger partial charge on any atom is -0.485 e. The van der Waals surface area contributed by atoms with E-state index in [-0.39, 0.29) is 17.7 Å². The third-order valence-corrected chi connectivity index (χ3v) is 4.62. The third-order valence-electron chi connectivity index (χ3n) is 4.62. The zero-order chi connectivity index (χ0) is 17.6. The van der Waals surface area contributed by atoms with Gasteiger partial charge in [-0.2, -0.15) is 0 Å². The molecule has 2 saturated heterocycles.